The monoisotopic (exact) mass is 324 g/mol. The molecule has 6 nitrogen and oxygen atoms in total. The Hall–Kier alpha value is -2.21. The number of carbonyl (C=O) groups is 3. The fraction of sp³-hybridized carbons (Fsp3) is 0.333. The third kappa shape index (κ3) is 4.39. The van der Waals surface area contributed by atoms with Gasteiger partial charge in [0.1, 0.15) is 5.78 Å². The minimum absolute atomic E-state index is 0.150. The molecule has 1 atom stereocenters. The molecular formula is C15H17ClN2O4. The molecule has 1 amide bonds. The fourth-order valence-electron chi connectivity index (χ4n) is 1.66. The van der Waals surface area contributed by atoms with Crippen LogP contribution in [0, 0.1) is 5.92 Å². The quantitative estimate of drug-likeness (QED) is 0.493. The van der Waals surface area contributed by atoms with Crippen LogP contribution in [0.25, 0.3) is 0 Å². The maximum absolute atomic E-state index is 11.8. The first-order valence-electron chi connectivity index (χ1n) is 6.61. The largest absolute Gasteiger partial charge is 0.468 e. The number of nitrogens with one attached hydrogen (secondary N) is 1. The molecule has 0 heterocycles. The summed E-state index contributed by atoms with van der Waals surface area (Å²) in [7, 11) is 1.19. The summed E-state index contributed by atoms with van der Waals surface area (Å²) in [6.07, 6.45) is 1.16. The van der Waals surface area contributed by atoms with E-state index < -0.39 is 17.7 Å². The molecule has 1 aromatic carbocycles. The first-order chi connectivity index (χ1) is 10.4. The lowest BCUT2D eigenvalue weighted by Gasteiger charge is -2.08. The Labute approximate surface area is 133 Å². The Morgan fingerprint density at radius 2 is 2.09 bits per heavy atom. The number of hydrogen-bond acceptors (Lipinski definition) is 5. The molecule has 0 fully saturated rings. The molecule has 22 heavy (non-hydrogen) atoms. The predicted molar refractivity (Wildman–Crippen MR) is 83.8 cm³/mol. The first kappa shape index (κ1) is 17.8. The Morgan fingerprint density at radius 1 is 1.41 bits per heavy atom. The Morgan fingerprint density at radius 3 is 2.64 bits per heavy atom. The number of nitrogens with zero attached hydrogens (tertiary/aromatic N) is 1. The van der Waals surface area contributed by atoms with Crippen molar-refractivity contribution < 1.29 is 19.1 Å². The normalized spacial score (nSPS) is 12.0. The van der Waals surface area contributed by atoms with Crippen LogP contribution in [-0.4, -0.2) is 37.5 Å². The van der Waals surface area contributed by atoms with E-state index in [2.05, 4.69) is 15.0 Å². The molecule has 0 aliphatic heterocycles. The molecule has 1 rings (SSSR count). The second kappa shape index (κ2) is 8.29. The van der Waals surface area contributed by atoms with Crippen molar-refractivity contribution in [3.63, 3.8) is 0 Å². The SMILES string of the molecule is CCNC(=O)c1cccc(N=CC(C(C)=O)C(=O)OC)c1Cl. The average Bonchev–Trinajstić information content (AvgIpc) is 2.48. The number of aliphatic imine (C=N–C) groups is 1. The van der Waals surface area contributed by atoms with Crippen molar-refractivity contribution in [2.45, 2.75) is 13.8 Å². The van der Waals surface area contributed by atoms with Crippen LogP contribution in [0.2, 0.25) is 5.02 Å². The summed E-state index contributed by atoms with van der Waals surface area (Å²) in [5, 5.41) is 2.79. The molecule has 0 aliphatic carbocycles. The van der Waals surface area contributed by atoms with Crippen LogP contribution in [0.5, 0.6) is 0 Å². The van der Waals surface area contributed by atoms with E-state index in [1.54, 1.807) is 25.1 Å². The van der Waals surface area contributed by atoms with Gasteiger partial charge in [-0.2, -0.15) is 0 Å². The Bertz CT molecular complexity index is 614. The molecule has 0 radical (unpaired) electrons. The van der Waals surface area contributed by atoms with Crippen molar-refractivity contribution >= 4 is 41.2 Å². The molecule has 1 aromatic rings. The van der Waals surface area contributed by atoms with Gasteiger partial charge in [0.15, 0.2) is 5.92 Å². The van der Waals surface area contributed by atoms with Crippen molar-refractivity contribution in [1.29, 1.82) is 0 Å². The van der Waals surface area contributed by atoms with E-state index in [0.29, 0.717) is 12.2 Å². The number of halogens is 1. The van der Waals surface area contributed by atoms with Gasteiger partial charge in [0.25, 0.3) is 5.91 Å². The highest BCUT2D eigenvalue weighted by Gasteiger charge is 2.22. The van der Waals surface area contributed by atoms with Crippen molar-refractivity contribution in [2.75, 3.05) is 13.7 Å². The van der Waals surface area contributed by atoms with Crippen molar-refractivity contribution in [1.82, 2.24) is 5.32 Å². The zero-order valence-corrected chi connectivity index (χ0v) is 13.3. The molecule has 0 spiro atoms. The summed E-state index contributed by atoms with van der Waals surface area (Å²) < 4.78 is 4.54. The van der Waals surface area contributed by atoms with Crippen LogP contribution in [0.1, 0.15) is 24.2 Å². The maximum Gasteiger partial charge on any atom is 0.321 e. The van der Waals surface area contributed by atoms with Gasteiger partial charge in [-0.3, -0.25) is 19.4 Å². The lowest BCUT2D eigenvalue weighted by atomic mass is 10.1. The van der Waals surface area contributed by atoms with Crippen molar-refractivity contribution in [2.24, 2.45) is 10.9 Å². The summed E-state index contributed by atoms with van der Waals surface area (Å²) in [6, 6.07) is 4.76. The average molecular weight is 325 g/mol. The number of ether oxygens (including phenoxy) is 1. The molecule has 0 saturated carbocycles. The van der Waals surface area contributed by atoms with Gasteiger partial charge in [-0.1, -0.05) is 17.7 Å². The molecule has 1 N–H and O–H groups in total. The zero-order valence-electron chi connectivity index (χ0n) is 12.6. The summed E-state index contributed by atoms with van der Waals surface area (Å²) in [5.74, 6) is -2.52. The first-order valence-corrected chi connectivity index (χ1v) is 6.99. The molecule has 7 heteroatoms. The molecule has 0 bridgehead atoms. The van der Waals surface area contributed by atoms with E-state index in [1.165, 1.54) is 14.0 Å². The molecule has 118 valence electrons. The summed E-state index contributed by atoms with van der Waals surface area (Å²) in [4.78, 5) is 38.8. The Kier molecular flexibility index (Phi) is 6.72. The second-order valence-electron chi connectivity index (χ2n) is 4.39. The van der Waals surface area contributed by atoms with Crippen LogP contribution >= 0.6 is 11.6 Å². The third-order valence-corrected chi connectivity index (χ3v) is 3.21. The van der Waals surface area contributed by atoms with Gasteiger partial charge in [-0.15, -0.1) is 0 Å². The predicted octanol–water partition coefficient (Wildman–Crippen LogP) is 2.17. The number of methoxy groups -OCH3 is 1. The molecule has 0 aromatic heterocycles. The van der Waals surface area contributed by atoms with E-state index in [9.17, 15) is 14.4 Å². The number of ketones is 1. The molecular weight excluding hydrogens is 308 g/mol. The van der Waals surface area contributed by atoms with Gasteiger partial charge in [0.2, 0.25) is 0 Å². The Balaban J connectivity index is 3.10. The van der Waals surface area contributed by atoms with E-state index in [0.717, 1.165) is 6.21 Å². The van der Waals surface area contributed by atoms with Crippen LogP contribution in [0.4, 0.5) is 5.69 Å². The smallest absolute Gasteiger partial charge is 0.321 e. The van der Waals surface area contributed by atoms with Crippen LogP contribution in [0.15, 0.2) is 23.2 Å². The van der Waals surface area contributed by atoms with Gasteiger partial charge >= 0.3 is 5.97 Å². The minimum Gasteiger partial charge on any atom is -0.468 e. The summed E-state index contributed by atoms with van der Waals surface area (Å²) >= 11 is 6.14. The number of Topliss-reactive ketones (excluding diaryl/α,β-unsaturated/α-hetero) is 1. The number of hydrogen-bond donors (Lipinski definition) is 1. The summed E-state index contributed by atoms with van der Waals surface area (Å²) in [6.45, 7) is 3.53. The minimum atomic E-state index is -1.10. The van der Waals surface area contributed by atoms with E-state index in [4.69, 9.17) is 11.6 Å². The van der Waals surface area contributed by atoms with Crippen molar-refractivity contribution in [3.8, 4) is 0 Å². The van der Waals surface area contributed by atoms with Gasteiger partial charge in [0, 0.05) is 12.8 Å². The van der Waals surface area contributed by atoms with Gasteiger partial charge < -0.3 is 10.1 Å². The number of esters is 1. The number of benzene rings is 1. The van der Waals surface area contributed by atoms with Gasteiger partial charge in [-0.05, 0) is 26.0 Å². The second-order valence-corrected chi connectivity index (χ2v) is 4.77. The number of carbonyl (C=O) groups excluding carboxylic acids is 3. The van der Waals surface area contributed by atoms with E-state index in [1.807, 2.05) is 0 Å². The zero-order chi connectivity index (χ0) is 16.7. The van der Waals surface area contributed by atoms with Gasteiger partial charge in [-0.25, -0.2) is 0 Å². The standard InChI is InChI=1S/C15H17ClN2O4/c1-4-17-14(20)10-6-5-7-12(13(10)16)18-8-11(9(2)19)15(21)22-3/h5-8,11H,4H2,1-3H3,(H,17,20). The van der Waals surface area contributed by atoms with Crippen molar-refractivity contribution in [3.05, 3.63) is 28.8 Å². The maximum atomic E-state index is 11.8. The van der Waals surface area contributed by atoms with Crippen LogP contribution in [-0.2, 0) is 14.3 Å². The highest BCUT2D eigenvalue weighted by atomic mass is 35.5. The topological polar surface area (TPSA) is 84.8 Å². The van der Waals surface area contributed by atoms with Crippen LogP contribution < -0.4 is 5.32 Å². The molecule has 0 aliphatic rings. The fourth-order valence-corrected chi connectivity index (χ4v) is 1.92. The highest BCUT2D eigenvalue weighted by Crippen LogP contribution is 2.28. The lowest BCUT2D eigenvalue weighted by molar-refractivity contribution is -0.145. The van der Waals surface area contributed by atoms with Crippen LogP contribution in [0.3, 0.4) is 0 Å². The third-order valence-electron chi connectivity index (χ3n) is 2.82. The van der Waals surface area contributed by atoms with E-state index >= 15 is 0 Å². The lowest BCUT2D eigenvalue weighted by Crippen LogP contribution is -2.24. The highest BCUT2D eigenvalue weighted by molar-refractivity contribution is 6.36. The number of amides is 1. The number of rotatable bonds is 6. The molecule has 1 unspecified atom stereocenters. The van der Waals surface area contributed by atoms with Gasteiger partial charge in [0.05, 0.1) is 23.4 Å². The van der Waals surface area contributed by atoms with E-state index in [-0.39, 0.29) is 16.5 Å². The summed E-state index contributed by atoms with van der Waals surface area (Å²) in [5.41, 5.74) is 0.566. The molecule has 0 saturated heterocycles.